The number of nitrogens with zero attached hydrogens (tertiary/aromatic N) is 2. The summed E-state index contributed by atoms with van der Waals surface area (Å²) in [6.07, 6.45) is 8.51. The predicted molar refractivity (Wildman–Crippen MR) is 146 cm³/mol. The maximum atomic E-state index is 14.4. The van der Waals surface area contributed by atoms with E-state index in [4.69, 9.17) is 0 Å². The van der Waals surface area contributed by atoms with Gasteiger partial charge < -0.3 is 10.6 Å². The Bertz CT molecular complexity index is 1270. The summed E-state index contributed by atoms with van der Waals surface area (Å²) in [5.41, 5.74) is 4.22. The molecular formula is C31H35FN4O2. The van der Waals surface area contributed by atoms with Crippen molar-refractivity contribution in [2.24, 2.45) is 0 Å². The maximum Gasteiger partial charge on any atom is 0.248 e. The van der Waals surface area contributed by atoms with Crippen LogP contribution in [0.5, 0.6) is 0 Å². The van der Waals surface area contributed by atoms with E-state index in [2.05, 4.69) is 21.7 Å². The number of carbonyl (C=O) groups is 2. The average molecular weight is 515 g/mol. The Morgan fingerprint density at radius 2 is 1.82 bits per heavy atom. The lowest BCUT2D eigenvalue weighted by molar-refractivity contribution is -0.127. The van der Waals surface area contributed by atoms with Crippen molar-refractivity contribution in [3.8, 4) is 0 Å². The summed E-state index contributed by atoms with van der Waals surface area (Å²) in [6.45, 7) is 1.96. The van der Waals surface area contributed by atoms with Crippen LogP contribution in [0.4, 0.5) is 10.1 Å². The molecule has 2 unspecified atom stereocenters. The number of aromatic nitrogens is 1. The van der Waals surface area contributed by atoms with Gasteiger partial charge in [0.1, 0.15) is 11.9 Å². The molecule has 2 aliphatic rings. The van der Waals surface area contributed by atoms with E-state index >= 15 is 0 Å². The van der Waals surface area contributed by atoms with Crippen molar-refractivity contribution in [3.63, 3.8) is 0 Å². The smallest absolute Gasteiger partial charge is 0.248 e. The van der Waals surface area contributed by atoms with Gasteiger partial charge >= 0.3 is 0 Å². The number of rotatable bonds is 8. The van der Waals surface area contributed by atoms with Crippen LogP contribution in [0.1, 0.15) is 60.5 Å². The standard InChI is InChI=1S/C31H35FN4O2/c1-21-9-5-6-15-27(21)30(31(38)35-24-12-3-2-4-13-24)36(26-14-7-11-23(32)18-26)29(37)20-34-25-17-22-10-8-16-33-28(22)19-25/h5-11,14-16,18,24-25,30,34H,2-4,12-13,17,19-20H2,1H3,(H,35,38). The minimum atomic E-state index is -0.920. The molecule has 2 aliphatic carbocycles. The molecule has 1 fully saturated rings. The van der Waals surface area contributed by atoms with Gasteiger partial charge in [0, 0.05) is 36.1 Å². The molecule has 38 heavy (non-hydrogen) atoms. The van der Waals surface area contributed by atoms with Crippen LogP contribution < -0.4 is 15.5 Å². The molecule has 0 spiro atoms. The fourth-order valence-electron chi connectivity index (χ4n) is 5.75. The number of amides is 2. The fourth-order valence-corrected chi connectivity index (χ4v) is 5.75. The topological polar surface area (TPSA) is 74.3 Å². The number of fused-ring (bicyclic) bond motifs is 1. The highest BCUT2D eigenvalue weighted by Gasteiger charge is 2.35. The van der Waals surface area contributed by atoms with E-state index in [0.29, 0.717) is 5.69 Å². The number of halogens is 1. The van der Waals surface area contributed by atoms with Gasteiger partial charge in [0.15, 0.2) is 0 Å². The second-order valence-electron chi connectivity index (χ2n) is 10.4. The maximum absolute atomic E-state index is 14.4. The summed E-state index contributed by atoms with van der Waals surface area (Å²) in [6, 6.07) is 16.8. The monoisotopic (exact) mass is 514 g/mol. The lowest BCUT2D eigenvalue weighted by Gasteiger charge is -2.34. The first-order chi connectivity index (χ1) is 18.5. The molecule has 2 aromatic carbocycles. The number of anilines is 1. The second kappa shape index (κ2) is 11.9. The first-order valence-electron chi connectivity index (χ1n) is 13.6. The fraction of sp³-hybridized carbons (Fsp3) is 0.387. The molecule has 0 radical (unpaired) electrons. The first-order valence-corrected chi connectivity index (χ1v) is 13.6. The minimum Gasteiger partial charge on any atom is -0.351 e. The van der Waals surface area contributed by atoms with Crippen LogP contribution in [0.3, 0.4) is 0 Å². The van der Waals surface area contributed by atoms with E-state index < -0.39 is 11.9 Å². The van der Waals surface area contributed by atoms with E-state index in [1.165, 1.54) is 29.0 Å². The Labute approximate surface area is 223 Å². The molecule has 6 nitrogen and oxygen atoms in total. The van der Waals surface area contributed by atoms with Gasteiger partial charge in [0.25, 0.3) is 0 Å². The Morgan fingerprint density at radius 1 is 1.00 bits per heavy atom. The molecule has 2 atom stereocenters. The van der Waals surface area contributed by atoms with Crippen LogP contribution in [0.15, 0.2) is 66.9 Å². The highest BCUT2D eigenvalue weighted by atomic mass is 19.1. The molecule has 1 saturated carbocycles. The third-order valence-electron chi connectivity index (χ3n) is 7.73. The zero-order chi connectivity index (χ0) is 26.5. The zero-order valence-electron chi connectivity index (χ0n) is 21.8. The van der Waals surface area contributed by atoms with Crippen molar-refractivity contribution < 1.29 is 14.0 Å². The molecule has 1 heterocycles. The number of benzene rings is 2. The summed E-state index contributed by atoms with van der Waals surface area (Å²) >= 11 is 0. The first kappa shape index (κ1) is 26.0. The van der Waals surface area contributed by atoms with E-state index in [9.17, 15) is 14.0 Å². The Kier molecular flexibility index (Phi) is 8.13. The molecule has 3 aromatic rings. The highest BCUT2D eigenvalue weighted by molar-refractivity contribution is 6.02. The molecule has 0 aliphatic heterocycles. The van der Waals surface area contributed by atoms with Gasteiger partial charge in [-0.15, -0.1) is 0 Å². The summed E-state index contributed by atoms with van der Waals surface area (Å²) in [5, 5.41) is 6.60. The van der Waals surface area contributed by atoms with Crippen LogP contribution in [-0.2, 0) is 22.4 Å². The number of pyridine rings is 1. The van der Waals surface area contributed by atoms with Crippen LogP contribution in [0, 0.1) is 12.7 Å². The van der Waals surface area contributed by atoms with Crippen LogP contribution in [0.25, 0.3) is 0 Å². The second-order valence-corrected chi connectivity index (χ2v) is 10.4. The lowest BCUT2D eigenvalue weighted by atomic mass is 9.93. The van der Waals surface area contributed by atoms with E-state index in [-0.39, 0.29) is 30.4 Å². The van der Waals surface area contributed by atoms with Crippen molar-refractivity contribution in [3.05, 3.63) is 95.1 Å². The summed E-state index contributed by atoms with van der Waals surface area (Å²) < 4.78 is 14.4. The van der Waals surface area contributed by atoms with Gasteiger partial charge in [-0.25, -0.2) is 4.39 Å². The molecule has 198 valence electrons. The Morgan fingerprint density at radius 3 is 2.58 bits per heavy atom. The van der Waals surface area contributed by atoms with Crippen molar-refractivity contribution in [1.29, 1.82) is 0 Å². The summed E-state index contributed by atoms with van der Waals surface area (Å²) in [5.74, 6) is -0.977. The minimum absolute atomic E-state index is 0.0221. The molecule has 2 amide bonds. The zero-order valence-corrected chi connectivity index (χ0v) is 21.8. The lowest BCUT2D eigenvalue weighted by Crippen LogP contribution is -2.50. The quantitative estimate of drug-likeness (QED) is 0.453. The van der Waals surface area contributed by atoms with Crippen LogP contribution in [-0.4, -0.2) is 35.4 Å². The highest BCUT2D eigenvalue weighted by Crippen LogP contribution is 2.31. The van der Waals surface area contributed by atoms with Crippen LogP contribution in [0.2, 0.25) is 0 Å². The molecular weight excluding hydrogens is 479 g/mol. The number of aryl methyl sites for hydroxylation is 1. The number of hydrogen-bond donors (Lipinski definition) is 2. The van der Waals surface area contributed by atoms with Crippen molar-refractivity contribution in [1.82, 2.24) is 15.6 Å². The van der Waals surface area contributed by atoms with Crippen molar-refractivity contribution in [2.45, 2.75) is 70.0 Å². The Hall–Kier alpha value is -3.58. The van der Waals surface area contributed by atoms with Gasteiger partial charge in [0.05, 0.1) is 6.54 Å². The van der Waals surface area contributed by atoms with Crippen LogP contribution >= 0.6 is 0 Å². The van der Waals surface area contributed by atoms with Gasteiger partial charge in [-0.2, -0.15) is 0 Å². The Balaban J connectivity index is 1.44. The largest absolute Gasteiger partial charge is 0.351 e. The van der Waals surface area contributed by atoms with Gasteiger partial charge in [-0.1, -0.05) is 55.7 Å². The third-order valence-corrected chi connectivity index (χ3v) is 7.73. The predicted octanol–water partition coefficient (Wildman–Crippen LogP) is 4.81. The van der Waals surface area contributed by atoms with E-state index in [1.807, 2.05) is 37.3 Å². The van der Waals surface area contributed by atoms with E-state index in [0.717, 1.165) is 55.3 Å². The number of carbonyl (C=O) groups excluding carboxylic acids is 2. The number of hydrogen-bond acceptors (Lipinski definition) is 4. The summed E-state index contributed by atoms with van der Waals surface area (Å²) in [7, 11) is 0. The normalized spacial score (nSPS) is 18.0. The molecule has 1 aromatic heterocycles. The van der Waals surface area contributed by atoms with E-state index in [1.54, 1.807) is 18.3 Å². The van der Waals surface area contributed by atoms with Crippen molar-refractivity contribution >= 4 is 17.5 Å². The average Bonchev–Trinajstić information content (AvgIpc) is 3.34. The molecule has 0 bridgehead atoms. The van der Waals surface area contributed by atoms with Crippen molar-refractivity contribution in [2.75, 3.05) is 11.4 Å². The molecule has 2 N–H and O–H groups in total. The van der Waals surface area contributed by atoms with Gasteiger partial charge in [0.2, 0.25) is 11.8 Å². The molecule has 0 saturated heterocycles. The van der Waals surface area contributed by atoms with Gasteiger partial charge in [-0.3, -0.25) is 19.5 Å². The SMILES string of the molecule is Cc1ccccc1C(C(=O)NC1CCCCC1)N(C(=O)CNC1Cc2cccnc2C1)c1cccc(F)c1. The molecule has 7 heteroatoms. The number of nitrogens with one attached hydrogen (secondary N) is 2. The third kappa shape index (κ3) is 5.94. The van der Waals surface area contributed by atoms with Gasteiger partial charge in [-0.05, 0) is 67.1 Å². The molecule has 5 rings (SSSR count). The summed E-state index contributed by atoms with van der Waals surface area (Å²) in [4.78, 5) is 33.8.